The summed E-state index contributed by atoms with van der Waals surface area (Å²) in [6.45, 7) is 3.69. The molecule has 0 aliphatic heterocycles. The van der Waals surface area contributed by atoms with Crippen LogP contribution in [0.2, 0.25) is 0 Å². The maximum atomic E-state index is 15.3. The van der Waals surface area contributed by atoms with Crippen molar-refractivity contribution in [2.75, 3.05) is 29.9 Å². The van der Waals surface area contributed by atoms with Crippen molar-refractivity contribution in [3.8, 4) is 11.3 Å². The van der Waals surface area contributed by atoms with Gasteiger partial charge in [0.25, 0.3) is 11.5 Å². The lowest BCUT2D eigenvalue weighted by molar-refractivity contribution is 0.0844. The van der Waals surface area contributed by atoms with E-state index in [1.807, 2.05) is 13.8 Å². The van der Waals surface area contributed by atoms with E-state index in [9.17, 15) is 22.0 Å². The number of benzene rings is 1. The minimum atomic E-state index is -3.99. The number of fused-ring (bicyclic) bond motifs is 2. The summed E-state index contributed by atoms with van der Waals surface area (Å²) in [5, 5.41) is 3.41. The van der Waals surface area contributed by atoms with Gasteiger partial charge < -0.3 is 10.2 Å². The van der Waals surface area contributed by atoms with E-state index in [2.05, 4.69) is 44.0 Å². The third-order valence-electron chi connectivity index (χ3n) is 9.71. The molecule has 6 rings (SSSR count). The molecule has 3 aromatic rings. The fraction of sp³-hybridized carbons (Fsp3) is 0.613. The van der Waals surface area contributed by atoms with E-state index >= 15 is 4.39 Å². The summed E-state index contributed by atoms with van der Waals surface area (Å²) in [4.78, 5) is 29.5. The fourth-order valence-corrected chi connectivity index (χ4v) is 8.65. The summed E-state index contributed by atoms with van der Waals surface area (Å²) in [6.07, 6.45) is 6.49. The lowest BCUT2D eigenvalue weighted by Crippen LogP contribution is -2.36. The molecule has 0 spiro atoms. The van der Waals surface area contributed by atoms with Gasteiger partial charge >= 0.3 is 0 Å². The third kappa shape index (κ3) is 6.40. The highest BCUT2D eigenvalue weighted by molar-refractivity contribution is 7.92. The van der Waals surface area contributed by atoms with Crippen molar-refractivity contribution in [1.29, 1.82) is 0 Å². The molecule has 3 aliphatic carbocycles. The van der Waals surface area contributed by atoms with Crippen LogP contribution in [0.3, 0.4) is 0 Å². The number of hydrogen-bond acceptors (Lipinski definition) is 8. The van der Waals surface area contributed by atoms with Crippen LogP contribution in [-0.4, -0.2) is 70.7 Å². The second-order valence-corrected chi connectivity index (χ2v) is 15.2. The molecule has 10 nitrogen and oxygen atoms in total. The molecule has 3 atom stereocenters. The van der Waals surface area contributed by atoms with Crippen molar-refractivity contribution >= 4 is 32.8 Å². The maximum Gasteiger partial charge on any atom is 0.278 e. The molecule has 3 aliphatic rings. The van der Waals surface area contributed by atoms with E-state index < -0.39 is 45.1 Å². The molecule has 0 radical (unpaired) electrons. The monoisotopic (exact) mass is 647 g/mol. The predicted octanol–water partition coefficient (Wildman–Crippen LogP) is 5.28. The largest absolute Gasteiger partial charge is 0.351 e. The number of rotatable bonds is 9. The normalized spacial score (nSPS) is 26.2. The Morgan fingerprint density at radius 2 is 1.80 bits per heavy atom. The van der Waals surface area contributed by atoms with Crippen molar-refractivity contribution in [3.63, 3.8) is 0 Å². The number of halogens is 3. The van der Waals surface area contributed by atoms with E-state index in [-0.39, 0.29) is 41.2 Å². The van der Waals surface area contributed by atoms with Crippen molar-refractivity contribution in [2.24, 2.45) is 17.8 Å². The summed E-state index contributed by atoms with van der Waals surface area (Å²) in [7, 11) is 0.194. The van der Waals surface area contributed by atoms with Gasteiger partial charge in [0.1, 0.15) is 17.0 Å². The zero-order chi connectivity index (χ0) is 32.3. The first kappa shape index (κ1) is 31.7. The van der Waals surface area contributed by atoms with E-state index in [0.717, 1.165) is 31.7 Å². The first-order valence-corrected chi connectivity index (χ1v) is 17.3. The van der Waals surface area contributed by atoms with Gasteiger partial charge in [-0.05, 0) is 90.9 Å². The Balaban J connectivity index is 1.20. The number of sulfonamides is 1. The molecule has 14 heteroatoms. The van der Waals surface area contributed by atoms with Crippen LogP contribution in [0.1, 0.15) is 64.8 Å². The van der Waals surface area contributed by atoms with Gasteiger partial charge in [-0.2, -0.15) is 4.98 Å². The SMILES string of the molecule is CC(C)n1c(=O)c(-c2ccc(NS(=O)(=O)CC3CCC4C(C3)C4(F)F)c(F)c2)nc2cnc(NC3CCC(N(C)C)CC3)nc21. The first-order valence-electron chi connectivity index (χ1n) is 15.6. The van der Waals surface area contributed by atoms with Crippen molar-refractivity contribution in [3.05, 3.63) is 40.6 Å². The second-order valence-electron chi connectivity index (χ2n) is 13.4. The molecule has 0 bridgehead atoms. The Bertz CT molecular complexity index is 1760. The smallest absolute Gasteiger partial charge is 0.278 e. The standard InChI is InChI=1S/C31H40F3N7O3S/c1-17(2)41-28-26(15-35-30(38-28)36-20-7-9-21(10-8-20)40(3)4)37-27(29(41)42)19-6-12-25(24(32)14-19)39-45(43,44)16-18-5-11-22-23(13-18)31(22,33)34/h6,12,14-15,17-18,20-23,39H,5,7-11,13,16H2,1-4H3,(H,35,36,38). The van der Waals surface area contributed by atoms with Gasteiger partial charge in [-0.1, -0.05) is 6.07 Å². The molecule has 244 valence electrons. The number of aromatic nitrogens is 4. The van der Waals surface area contributed by atoms with Gasteiger partial charge in [-0.25, -0.2) is 31.6 Å². The van der Waals surface area contributed by atoms with E-state index in [4.69, 9.17) is 0 Å². The number of alkyl halides is 2. The van der Waals surface area contributed by atoms with Crippen LogP contribution < -0.4 is 15.6 Å². The molecule has 3 fully saturated rings. The third-order valence-corrected chi connectivity index (χ3v) is 11.2. The summed E-state index contributed by atoms with van der Waals surface area (Å²) < 4.78 is 72.2. The molecular weight excluding hydrogens is 607 g/mol. The zero-order valence-electron chi connectivity index (χ0n) is 25.9. The topological polar surface area (TPSA) is 122 Å². The highest BCUT2D eigenvalue weighted by Gasteiger charge is 2.68. The summed E-state index contributed by atoms with van der Waals surface area (Å²) >= 11 is 0. The predicted molar refractivity (Wildman–Crippen MR) is 167 cm³/mol. The Labute approximate surface area is 260 Å². The molecule has 45 heavy (non-hydrogen) atoms. The van der Waals surface area contributed by atoms with Crippen LogP contribution in [0.5, 0.6) is 0 Å². The van der Waals surface area contributed by atoms with Gasteiger partial charge in [0.15, 0.2) is 5.65 Å². The van der Waals surface area contributed by atoms with Crippen LogP contribution in [0.15, 0.2) is 29.2 Å². The lowest BCUT2D eigenvalue weighted by Gasteiger charge is -2.32. The number of hydrogen-bond donors (Lipinski definition) is 2. The Hall–Kier alpha value is -3.26. The Kier molecular flexibility index (Phi) is 8.34. The van der Waals surface area contributed by atoms with Gasteiger partial charge in [0.2, 0.25) is 16.0 Å². The summed E-state index contributed by atoms with van der Waals surface area (Å²) in [5.74, 6) is -5.32. The molecule has 2 heterocycles. The fourth-order valence-electron chi connectivity index (χ4n) is 7.14. The molecule has 1 aromatic carbocycles. The summed E-state index contributed by atoms with van der Waals surface area (Å²) in [6, 6.07) is 4.22. The molecule has 3 unspecified atom stereocenters. The highest BCUT2D eigenvalue weighted by Crippen LogP contribution is 2.63. The molecule has 2 aromatic heterocycles. The minimum Gasteiger partial charge on any atom is -0.351 e. The maximum absolute atomic E-state index is 15.3. The van der Waals surface area contributed by atoms with Crippen molar-refractivity contribution in [2.45, 2.75) is 82.8 Å². The Morgan fingerprint density at radius 3 is 2.44 bits per heavy atom. The van der Waals surface area contributed by atoms with Crippen molar-refractivity contribution in [1.82, 2.24) is 24.4 Å². The van der Waals surface area contributed by atoms with E-state index in [0.29, 0.717) is 36.0 Å². The highest BCUT2D eigenvalue weighted by atomic mass is 32.2. The number of nitrogens with zero attached hydrogens (tertiary/aromatic N) is 5. The molecule has 2 N–H and O–H groups in total. The number of nitrogens with one attached hydrogen (secondary N) is 2. The van der Waals surface area contributed by atoms with Crippen LogP contribution in [0.25, 0.3) is 22.4 Å². The first-order chi connectivity index (χ1) is 21.2. The quantitative estimate of drug-likeness (QED) is 0.322. The molecule has 3 saturated carbocycles. The van der Waals surface area contributed by atoms with Crippen molar-refractivity contribution < 1.29 is 21.6 Å². The Morgan fingerprint density at radius 1 is 1.07 bits per heavy atom. The van der Waals surface area contributed by atoms with Gasteiger partial charge in [-0.15, -0.1) is 0 Å². The van der Waals surface area contributed by atoms with E-state index in [1.165, 1.54) is 16.7 Å². The zero-order valence-corrected chi connectivity index (χ0v) is 26.7. The number of anilines is 2. The van der Waals surface area contributed by atoms with Crippen LogP contribution in [-0.2, 0) is 10.0 Å². The lowest BCUT2D eigenvalue weighted by atomic mass is 9.91. The summed E-state index contributed by atoms with van der Waals surface area (Å²) in [5.41, 5.74) is 0.132. The van der Waals surface area contributed by atoms with Crippen LogP contribution in [0.4, 0.5) is 24.8 Å². The second kappa shape index (κ2) is 11.8. The molecular formula is C31H40F3N7O3S. The van der Waals surface area contributed by atoms with Gasteiger partial charge in [0.05, 0.1) is 17.6 Å². The molecule has 0 saturated heterocycles. The average molecular weight is 648 g/mol. The minimum absolute atomic E-state index is 0.0158. The van der Waals surface area contributed by atoms with Crippen LogP contribution in [0, 0.1) is 23.6 Å². The van der Waals surface area contributed by atoms with Gasteiger partial charge in [0, 0.05) is 35.5 Å². The van der Waals surface area contributed by atoms with E-state index in [1.54, 1.807) is 6.20 Å². The molecule has 0 amide bonds. The van der Waals surface area contributed by atoms with Gasteiger partial charge in [-0.3, -0.25) is 14.1 Å². The average Bonchev–Trinajstić information content (AvgIpc) is 3.52. The van der Waals surface area contributed by atoms with Crippen LogP contribution >= 0.6 is 0 Å².